The number of fused-ring (bicyclic) bond motifs is 1. The van der Waals surface area contributed by atoms with Crippen molar-refractivity contribution in [3.8, 4) is 11.5 Å². The maximum absolute atomic E-state index is 14.3. The molecule has 9 nitrogen and oxygen atoms in total. The third-order valence-electron chi connectivity index (χ3n) is 7.14. The maximum atomic E-state index is 14.3. The van der Waals surface area contributed by atoms with Crippen molar-refractivity contribution < 1.29 is 27.5 Å². The highest BCUT2D eigenvalue weighted by Gasteiger charge is 2.34. The van der Waals surface area contributed by atoms with E-state index in [-0.39, 0.29) is 43.1 Å². The van der Waals surface area contributed by atoms with E-state index >= 15 is 0 Å². The van der Waals surface area contributed by atoms with E-state index in [1.54, 1.807) is 18.2 Å². The van der Waals surface area contributed by atoms with Gasteiger partial charge in [0.1, 0.15) is 12.6 Å². The van der Waals surface area contributed by atoms with Crippen molar-refractivity contribution in [2.24, 2.45) is 0 Å². The number of sulfonamides is 1. The summed E-state index contributed by atoms with van der Waals surface area (Å²) in [5.74, 6) is -0.131. The number of hydrogen-bond donors (Lipinski definition) is 1. The number of amides is 2. The third-order valence-corrected chi connectivity index (χ3v) is 9.37. The Balaban J connectivity index is 1.75. The van der Waals surface area contributed by atoms with Crippen LogP contribution in [0.4, 0.5) is 5.69 Å². The molecule has 0 radical (unpaired) electrons. The summed E-state index contributed by atoms with van der Waals surface area (Å²) in [6.45, 7) is 5.05. The first-order valence-corrected chi connectivity index (χ1v) is 16.3. The fourth-order valence-corrected chi connectivity index (χ4v) is 6.09. The first-order chi connectivity index (χ1) is 20.1. The molecule has 0 aliphatic carbocycles. The van der Waals surface area contributed by atoms with Crippen LogP contribution in [0.5, 0.6) is 11.5 Å². The molecule has 1 aliphatic rings. The molecule has 2 atom stereocenters. The zero-order chi connectivity index (χ0) is 30.3. The van der Waals surface area contributed by atoms with E-state index in [2.05, 4.69) is 21.2 Å². The van der Waals surface area contributed by atoms with Crippen molar-refractivity contribution in [1.29, 1.82) is 0 Å². The van der Waals surface area contributed by atoms with E-state index in [0.717, 1.165) is 26.3 Å². The van der Waals surface area contributed by atoms with Gasteiger partial charge in [0.15, 0.2) is 11.5 Å². The molecule has 0 aromatic heterocycles. The third kappa shape index (κ3) is 7.83. The van der Waals surface area contributed by atoms with E-state index in [1.807, 2.05) is 68.4 Å². The summed E-state index contributed by atoms with van der Waals surface area (Å²) in [5.41, 5.74) is 1.95. The molecule has 1 heterocycles. The van der Waals surface area contributed by atoms with Gasteiger partial charge in [0.2, 0.25) is 28.6 Å². The quantitative estimate of drug-likeness (QED) is 0.281. The number of carbonyl (C=O) groups excluding carboxylic acids is 2. The molecule has 0 saturated heterocycles. The molecule has 224 valence electrons. The van der Waals surface area contributed by atoms with E-state index in [0.29, 0.717) is 11.5 Å². The number of nitrogens with zero attached hydrogens (tertiary/aromatic N) is 2. The first kappa shape index (κ1) is 31.4. The van der Waals surface area contributed by atoms with Crippen molar-refractivity contribution in [2.75, 3.05) is 23.4 Å². The Morgan fingerprint density at radius 3 is 2.36 bits per heavy atom. The van der Waals surface area contributed by atoms with E-state index in [9.17, 15) is 18.0 Å². The standard InChI is InChI=1S/C31H36BrN3O6S/c1-4-22(3)33-31(37)27(17-23-10-7-6-8-11-23)34(19-24-12-9-13-25(32)16-24)30(36)20-35(42(38,39)5-2)26-14-15-28-29(18-26)41-21-40-28/h6-16,18,22,27H,4-5,17,19-21H2,1-3H3,(H,33,37)/t22-,27-/m0/s1. The van der Waals surface area contributed by atoms with Crippen molar-refractivity contribution in [1.82, 2.24) is 10.2 Å². The van der Waals surface area contributed by atoms with Crippen LogP contribution in [0.25, 0.3) is 0 Å². The summed E-state index contributed by atoms with van der Waals surface area (Å²) in [5, 5.41) is 3.03. The van der Waals surface area contributed by atoms with Gasteiger partial charge in [0, 0.05) is 29.5 Å². The highest BCUT2D eigenvalue weighted by Crippen LogP contribution is 2.36. The van der Waals surface area contributed by atoms with E-state index in [4.69, 9.17) is 9.47 Å². The lowest BCUT2D eigenvalue weighted by Gasteiger charge is -2.34. The van der Waals surface area contributed by atoms with Gasteiger partial charge in [0.25, 0.3) is 0 Å². The predicted octanol–water partition coefficient (Wildman–Crippen LogP) is 4.89. The van der Waals surface area contributed by atoms with Gasteiger partial charge >= 0.3 is 0 Å². The monoisotopic (exact) mass is 657 g/mol. The number of halogens is 1. The molecular weight excluding hydrogens is 622 g/mol. The van der Waals surface area contributed by atoms with Gasteiger partial charge in [-0.1, -0.05) is 65.3 Å². The molecule has 3 aromatic rings. The van der Waals surface area contributed by atoms with E-state index in [1.165, 1.54) is 11.8 Å². The normalized spacial score (nSPS) is 13.7. The molecule has 0 saturated carbocycles. The molecule has 0 unspecified atom stereocenters. The number of carbonyl (C=O) groups is 2. The van der Waals surface area contributed by atoms with Crippen LogP contribution >= 0.6 is 15.9 Å². The number of ether oxygens (including phenoxy) is 2. The molecule has 1 N–H and O–H groups in total. The van der Waals surface area contributed by atoms with Crippen LogP contribution in [-0.4, -0.2) is 56.3 Å². The molecule has 0 bridgehead atoms. The second-order valence-corrected chi connectivity index (χ2v) is 13.2. The molecule has 0 fully saturated rings. The topological polar surface area (TPSA) is 105 Å². The molecule has 1 aliphatic heterocycles. The summed E-state index contributed by atoms with van der Waals surface area (Å²) in [6.07, 6.45) is 0.976. The molecule has 3 aromatic carbocycles. The Morgan fingerprint density at radius 1 is 0.952 bits per heavy atom. The Labute approximate surface area is 256 Å². The summed E-state index contributed by atoms with van der Waals surface area (Å²) in [4.78, 5) is 29.5. The van der Waals surface area contributed by atoms with Crippen molar-refractivity contribution in [3.05, 3.63) is 88.4 Å². The van der Waals surface area contributed by atoms with Gasteiger partial charge in [0.05, 0.1) is 11.4 Å². The lowest BCUT2D eigenvalue weighted by Crippen LogP contribution is -2.54. The minimum Gasteiger partial charge on any atom is -0.454 e. The molecule has 42 heavy (non-hydrogen) atoms. The molecule has 0 spiro atoms. The largest absolute Gasteiger partial charge is 0.454 e. The maximum Gasteiger partial charge on any atom is 0.244 e. The molecule has 2 amide bonds. The first-order valence-electron chi connectivity index (χ1n) is 13.9. The smallest absolute Gasteiger partial charge is 0.244 e. The Bertz CT molecular complexity index is 1500. The van der Waals surface area contributed by atoms with Crippen molar-refractivity contribution >= 4 is 43.5 Å². The van der Waals surface area contributed by atoms with Crippen LogP contribution in [0.15, 0.2) is 77.3 Å². The van der Waals surface area contributed by atoms with Gasteiger partial charge < -0.3 is 19.7 Å². The lowest BCUT2D eigenvalue weighted by molar-refractivity contribution is -0.140. The van der Waals surface area contributed by atoms with Gasteiger partial charge in [-0.15, -0.1) is 0 Å². The Hall–Kier alpha value is -3.57. The average molecular weight is 659 g/mol. The van der Waals surface area contributed by atoms with Crippen LogP contribution in [0, 0.1) is 0 Å². The summed E-state index contributed by atoms with van der Waals surface area (Å²) in [6, 6.07) is 20.7. The van der Waals surface area contributed by atoms with Crippen molar-refractivity contribution in [2.45, 2.75) is 52.2 Å². The number of nitrogens with one attached hydrogen (secondary N) is 1. The average Bonchev–Trinajstić information content (AvgIpc) is 3.46. The minimum atomic E-state index is -3.89. The number of anilines is 1. The highest BCUT2D eigenvalue weighted by molar-refractivity contribution is 9.10. The second-order valence-electron chi connectivity index (χ2n) is 10.1. The zero-order valence-corrected chi connectivity index (χ0v) is 26.4. The molecular formula is C31H36BrN3O6S. The SMILES string of the molecule is CC[C@H](C)NC(=O)[C@H](Cc1ccccc1)N(Cc1cccc(Br)c1)C(=O)CN(c1ccc2c(c1)OCO2)S(=O)(=O)CC. The lowest BCUT2D eigenvalue weighted by atomic mass is 10.0. The fraction of sp³-hybridized carbons (Fsp3) is 0.355. The number of benzene rings is 3. The van der Waals surface area contributed by atoms with Crippen LogP contribution in [0.3, 0.4) is 0 Å². The Kier molecular flexibility index (Phi) is 10.5. The van der Waals surface area contributed by atoms with Gasteiger partial charge in [-0.05, 0) is 55.7 Å². The number of rotatable bonds is 13. The van der Waals surface area contributed by atoms with Crippen LogP contribution < -0.4 is 19.1 Å². The zero-order valence-electron chi connectivity index (χ0n) is 24.0. The highest BCUT2D eigenvalue weighted by atomic mass is 79.9. The van der Waals surface area contributed by atoms with Crippen LogP contribution in [0.2, 0.25) is 0 Å². The van der Waals surface area contributed by atoms with Crippen LogP contribution in [-0.2, 0) is 32.6 Å². The summed E-state index contributed by atoms with van der Waals surface area (Å²) < 4.78 is 39.4. The van der Waals surface area contributed by atoms with Gasteiger partial charge in [-0.2, -0.15) is 0 Å². The van der Waals surface area contributed by atoms with Gasteiger partial charge in [-0.3, -0.25) is 13.9 Å². The number of hydrogen-bond acceptors (Lipinski definition) is 6. The second kappa shape index (κ2) is 14.1. The Morgan fingerprint density at radius 2 is 1.67 bits per heavy atom. The fourth-order valence-electron chi connectivity index (χ4n) is 4.59. The van der Waals surface area contributed by atoms with Crippen LogP contribution in [0.1, 0.15) is 38.3 Å². The molecule has 11 heteroatoms. The van der Waals surface area contributed by atoms with Crippen molar-refractivity contribution in [3.63, 3.8) is 0 Å². The minimum absolute atomic E-state index is 0.0329. The molecule has 4 rings (SSSR count). The predicted molar refractivity (Wildman–Crippen MR) is 166 cm³/mol. The van der Waals surface area contributed by atoms with Gasteiger partial charge in [-0.25, -0.2) is 8.42 Å². The van der Waals surface area contributed by atoms with E-state index < -0.39 is 28.5 Å². The summed E-state index contributed by atoms with van der Waals surface area (Å²) in [7, 11) is -3.89. The summed E-state index contributed by atoms with van der Waals surface area (Å²) >= 11 is 3.49.